The van der Waals surface area contributed by atoms with E-state index < -0.39 is 0 Å². The largest absolute Gasteiger partial charge is 0.341 e. The molecule has 2 aromatic rings. The summed E-state index contributed by atoms with van der Waals surface area (Å²) < 4.78 is 0. The lowest BCUT2D eigenvalue weighted by atomic mass is 10.0. The van der Waals surface area contributed by atoms with E-state index in [2.05, 4.69) is 40.2 Å². The molecule has 1 amide bonds. The maximum Gasteiger partial charge on any atom is 0.222 e. The molecule has 132 valence electrons. The van der Waals surface area contributed by atoms with E-state index in [0.717, 1.165) is 44.5 Å². The zero-order valence-corrected chi connectivity index (χ0v) is 15.0. The number of carbonyl (C=O) groups is 1. The first kappa shape index (κ1) is 17.6. The molecule has 1 aromatic carbocycles. The highest BCUT2D eigenvalue weighted by atomic mass is 16.2. The number of nitrogens with zero attached hydrogens (tertiary/aromatic N) is 3. The number of hydrogen-bond acceptors (Lipinski definition) is 3. The van der Waals surface area contributed by atoms with E-state index in [1.54, 1.807) is 6.20 Å². The van der Waals surface area contributed by atoms with Crippen molar-refractivity contribution in [2.45, 2.75) is 38.3 Å². The average Bonchev–Trinajstić information content (AvgIpc) is 2.67. The molecule has 0 radical (unpaired) electrons. The highest BCUT2D eigenvalue weighted by Gasteiger charge is 2.25. The molecule has 3 rings (SSSR count). The molecule has 4 nitrogen and oxygen atoms in total. The van der Waals surface area contributed by atoms with E-state index in [9.17, 15) is 4.79 Å². The van der Waals surface area contributed by atoms with Crippen molar-refractivity contribution >= 4 is 5.91 Å². The molecule has 4 heteroatoms. The Kier molecular flexibility index (Phi) is 6.18. The standard InChI is InChI=1S/C21H27N3O/c1-23(21(25)12-11-18-9-5-13-22-15-18)20-10-6-14-24(17-20)16-19-7-3-2-4-8-19/h2-5,7-9,13,15,20H,6,10-12,14,16-17H2,1H3. The molecule has 1 saturated heterocycles. The summed E-state index contributed by atoms with van der Waals surface area (Å²) in [6, 6.07) is 14.8. The monoisotopic (exact) mass is 337 g/mol. The molecule has 1 unspecified atom stereocenters. The average molecular weight is 337 g/mol. The minimum atomic E-state index is 0.232. The summed E-state index contributed by atoms with van der Waals surface area (Å²) in [7, 11) is 1.96. The van der Waals surface area contributed by atoms with E-state index >= 15 is 0 Å². The number of rotatable bonds is 6. The molecule has 0 spiro atoms. The predicted molar refractivity (Wildman–Crippen MR) is 100 cm³/mol. The van der Waals surface area contributed by atoms with Crippen LogP contribution in [0.4, 0.5) is 0 Å². The number of aromatic nitrogens is 1. The van der Waals surface area contributed by atoms with Crippen LogP contribution >= 0.6 is 0 Å². The van der Waals surface area contributed by atoms with Gasteiger partial charge >= 0.3 is 0 Å². The molecule has 1 atom stereocenters. The number of amides is 1. The van der Waals surface area contributed by atoms with Crippen LogP contribution in [0.1, 0.15) is 30.4 Å². The van der Waals surface area contributed by atoms with Gasteiger partial charge in [0.05, 0.1) is 0 Å². The molecule has 1 aliphatic rings. The Labute approximate surface area is 150 Å². The Morgan fingerprint density at radius 2 is 2.00 bits per heavy atom. The molecule has 25 heavy (non-hydrogen) atoms. The zero-order chi connectivity index (χ0) is 17.5. The Morgan fingerprint density at radius 1 is 1.20 bits per heavy atom. The topological polar surface area (TPSA) is 36.4 Å². The van der Waals surface area contributed by atoms with Gasteiger partial charge in [0.2, 0.25) is 5.91 Å². The number of pyridine rings is 1. The third kappa shape index (κ3) is 5.13. The lowest BCUT2D eigenvalue weighted by Crippen LogP contribution is -2.48. The first-order chi connectivity index (χ1) is 12.2. The summed E-state index contributed by atoms with van der Waals surface area (Å²) in [4.78, 5) is 21.1. The van der Waals surface area contributed by atoms with Gasteiger partial charge < -0.3 is 4.90 Å². The number of hydrogen-bond donors (Lipinski definition) is 0. The summed E-state index contributed by atoms with van der Waals surface area (Å²) in [6.07, 6.45) is 7.17. The maximum absolute atomic E-state index is 12.6. The maximum atomic E-state index is 12.6. The van der Waals surface area contributed by atoms with Gasteiger partial charge in [0, 0.05) is 45.0 Å². The van der Waals surface area contributed by atoms with Crippen molar-refractivity contribution in [2.75, 3.05) is 20.1 Å². The van der Waals surface area contributed by atoms with E-state index in [1.807, 2.05) is 30.3 Å². The van der Waals surface area contributed by atoms with Crippen molar-refractivity contribution in [3.63, 3.8) is 0 Å². The Morgan fingerprint density at radius 3 is 2.76 bits per heavy atom. The third-order valence-electron chi connectivity index (χ3n) is 5.02. The quantitative estimate of drug-likeness (QED) is 0.812. The minimum absolute atomic E-state index is 0.232. The normalized spacial score (nSPS) is 18.0. The van der Waals surface area contributed by atoms with Crippen LogP contribution in [-0.4, -0.2) is 46.9 Å². The summed E-state index contributed by atoms with van der Waals surface area (Å²) in [5, 5.41) is 0. The van der Waals surface area contributed by atoms with Gasteiger partial charge in [-0.1, -0.05) is 36.4 Å². The number of piperidine rings is 1. The van der Waals surface area contributed by atoms with Crippen LogP contribution < -0.4 is 0 Å². The first-order valence-corrected chi connectivity index (χ1v) is 9.13. The van der Waals surface area contributed by atoms with Gasteiger partial charge in [-0.05, 0) is 43.0 Å². The number of carbonyl (C=O) groups excluding carboxylic acids is 1. The predicted octanol–water partition coefficient (Wildman–Crippen LogP) is 3.14. The SMILES string of the molecule is CN(C(=O)CCc1cccnc1)C1CCCN(Cc2ccccc2)C1. The highest BCUT2D eigenvalue weighted by molar-refractivity contribution is 5.76. The van der Waals surface area contributed by atoms with Crippen LogP contribution in [0.15, 0.2) is 54.9 Å². The lowest BCUT2D eigenvalue weighted by Gasteiger charge is -2.37. The van der Waals surface area contributed by atoms with E-state index in [1.165, 1.54) is 5.56 Å². The van der Waals surface area contributed by atoms with Crippen molar-refractivity contribution in [3.8, 4) is 0 Å². The molecule has 0 bridgehead atoms. The molecule has 1 fully saturated rings. The van der Waals surface area contributed by atoms with E-state index in [4.69, 9.17) is 0 Å². The van der Waals surface area contributed by atoms with Gasteiger partial charge in [-0.15, -0.1) is 0 Å². The van der Waals surface area contributed by atoms with Crippen molar-refractivity contribution < 1.29 is 4.79 Å². The molecule has 1 aliphatic heterocycles. The van der Waals surface area contributed by atoms with Crippen LogP contribution in [0.2, 0.25) is 0 Å². The minimum Gasteiger partial charge on any atom is -0.341 e. The van der Waals surface area contributed by atoms with Crippen LogP contribution in [0, 0.1) is 0 Å². The fourth-order valence-electron chi connectivity index (χ4n) is 3.51. The van der Waals surface area contributed by atoms with Crippen molar-refractivity contribution in [1.29, 1.82) is 0 Å². The van der Waals surface area contributed by atoms with Crippen molar-refractivity contribution in [3.05, 3.63) is 66.0 Å². The van der Waals surface area contributed by atoms with Gasteiger partial charge in [0.1, 0.15) is 0 Å². The Bertz CT molecular complexity index is 659. The fraction of sp³-hybridized carbons (Fsp3) is 0.429. The zero-order valence-electron chi connectivity index (χ0n) is 15.0. The summed E-state index contributed by atoms with van der Waals surface area (Å²) in [6.45, 7) is 3.04. The smallest absolute Gasteiger partial charge is 0.222 e. The number of likely N-dealkylation sites (N-methyl/N-ethyl adjacent to an activating group) is 1. The molecule has 1 aromatic heterocycles. The van der Waals surface area contributed by atoms with E-state index in [-0.39, 0.29) is 5.91 Å². The van der Waals surface area contributed by atoms with Crippen molar-refractivity contribution in [1.82, 2.24) is 14.8 Å². The number of likely N-dealkylation sites (tertiary alicyclic amines) is 1. The first-order valence-electron chi connectivity index (χ1n) is 9.13. The van der Waals surface area contributed by atoms with Gasteiger partial charge in [-0.3, -0.25) is 14.7 Å². The van der Waals surface area contributed by atoms with Crippen molar-refractivity contribution in [2.24, 2.45) is 0 Å². The fourth-order valence-corrected chi connectivity index (χ4v) is 3.51. The second-order valence-corrected chi connectivity index (χ2v) is 6.88. The molecule has 2 heterocycles. The van der Waals surface area contributed by atoms with Gasteiger partial charge in [-0.2, -0.15) is 0 Å². The Hall–Kier alpha value is -2.20. The van der Waals surface area contributed by atoms with Gasteiger partial charge in [0.15, 0.2) is 0 Å². The second kappa shape index (κ2) is 8.77. The Balaban J connectivity index is 1.50. The number of aryl methyl sites for hydroxylation is 1. The molecular weight excluding hydrogens is 310 g/mol. The molecule has 0 aliphatic carbocycles. The molecule has 0 saturated carbocycles. The van der Waals surface area contributed by atoms with Gasteiger partial charge in [0.25, 0.3) is 0 Å². The summed E-state index contributed by atoms with van der Waals surface area (Å²) in [5.74, 6) is 0.232. The summed E-state index contributed by atoms with van der Waals surface area (Å²) >= 11 is 0. The van der Waals surface area contributed by atoms with E-state index in [0.29, 0.717) is 12.5 Å². The van der Waals surface area contributed by atoms with Crippen LogP contribution in [0.3, 0.4) is 0 Å². The number of benzene rings is 1. The van der Waals surface area contributed by atoms with Gasteiger partial charge in [-0.25, -0.2) is 0 Å². The third-order valence-corrected chi connectivity index (χ3v) is 5.02. The summed E-state index contributed by atoms with van der Waals surface area (Å²) in [5.41, 5.74) is 2.47. The van der Waals surface area contributed by atoms with Crippen LogP contribution in [0.25, 0.3) is 0 Å². The molecular formula is C21H27N3O. The van der Waals surface area contributed by atoms with Crippen LogP contribution in [-0.2, 0) is 17.8 Å². The highest BCUT2D eigenvalue weighted by Crippen LogP contribution is 2.18. The van der Waals surface area contributed by atoms with Crippen LogP contribution in [0.5, 0.6) is 0 Å². The second-order valence-electron chi connectivity index (χ2n) is 6.88. The lowest BCUT2D eigenvalue weighted by molar-refractivity contribution is -0.133. The molecule has 0 N–H and O–H groups in total.